The van der Waals surface area contributed by atoms with E-state index in [4.69, 9.17) is 0 Å². The Balaban J connectivity index is 2.17. The highest BCUT2D eigenvalue weighted by atomic mass is 28.3. The maximum Gasteiger partial charge on any atom is 0.0859 e. The molecule has 0 saturated heterocycles. The molecular weight excluding hydrogens is 268 g/mol. The van der Waals surface area contributed by atoms with Crippen molar-refractivity contribution in [3.63, 3.8) is 0 Å². The van der Waals surface area contributed by atoms with Gasteiger partial charge in [-0.3, -0.25) is 0 Å². The molecule has 1 heteroatoms. The first-order valence-electron chi connectivity index (χ1n) is 8.28. The van der Waals surface area contributed by atoms with Gasteiger partial charge in [-0.15, -0.1) is 0 Å². The highest BCUT2D eigenvalue weighted by Gasteiger charge is 2.28. The fourth-order valence-corrected chi connectivity index (χ4v) is 6.88. The zero-order valence-electron chi connectivity index (χ0n) is 13.9. The van der Waals surface area contributed by atoms with Gasteiger partial charge in [-0.25, -0.2) is 0 Å². The average molecular weight is 297 g/mol. The summed E-state index contributed by atoms with van der Waals surface area (Å²) in [5.74, 6) is 0. The molecule has 2 aromatic carbocycles. The van der Waals surface area contributed by atoms with Gasteiger partial charge in [0.05, 0.1) is 8.07 Å². The zero-order valence-corrected chi connectivity index (χ0v) is 14.9. The number of hydrogen-bond acceptors (Lipinski definition) is 0. The molecule has 0 aliphatic carbocycles. The number of aryl methyl sites for hydroxylation is 1. The second-order valence-electron chi connectivity index (χ2n) is 6.20. The molecule has 21 heavy (non-hydrogen) atoms. The zero-order chi connectivity index (χ0) is 15.3. The molecule has 0 amide bonds. The van der Waals surface area contributed by atoms with Gasteiger partial charge in [-0.05, 0) is 24.5 Å². The predicted molar refractivity (Wildman–Crippen MR) is 97.3 cm³/mol. The van der Waals surface area contributed by atoms with Crippen molar-refractivity contribution >= 4 is 13.3 Å². The molecule has 0 N–H and O–H groups in total. The average Bonchev–Trinajstić information content (AvgIpc) is 2.53. The van der Waals surface area contributed by atoms with E-state index in [1.807, 2.05) is 0 Å². The Labute approximate surface area is 131 Å². The van der Waals surface area contributed by atoms with Crippen LogP contribution in [0, 0.1) is 6.92 Å². The SMILES string of the molecule is CC[Si](CC)(CC)c1ccc(Cc2ccc(C)cc2)cc1. The second-order valence-corrected chi connectivity index (χ2v) is 11.5. The summed E-state index contributed by atoms with van der Waals surface area (Å²) in [7, 11) is -1.22. The molecule has 0 saturated carbocycles. The Hall–Kier alpha value is -1.34. The van der Waals surface area contributed by atoms with Gasteiger partial charge in [0.2, 0.25) is 0 Å². The molecule has 0 spiro atoms. The van der Waals surface area contributed by atoms with E-state index >= 15 is 0 Å². The van der Waals surface area contributed by atoms with E-state index in [1.54, 1.807) is 5.19 Å². The van der Waals surface area contributed by atoms with Crippen LogP contribution in [0.1, 0.15) is 37.5 Å². The third-order valence-corrected chi connectivity index (χ3v) is 10.7. The van der Waals surface area contributed by atoms with Crippen molar-refractivity contribution in [3.05, 3.63) is 65.2 Å². The van der Waals surface area contributed by atoms with E-state index in [9.17, 15) is 0 Å². The van der Waals surface area contributed by atoms with Crippen molar-refractivity contribution in [2.45, 2.75) is 52.2 Å². The summed E-state index contributed by atoms with van der Waals surface area (Å²) in [6.45, 7) is 9.27. The van der Waals surface area contributed by atoms with Gasteiger partial charge in [0.25, 0.3) is 0 Å². The lowest BCUT2D eigenvalue weighted by atomic mass is 10.0. The molecule has 0 aliphatic heterocycles. The molecule has 112 valence electrons. The minimum absolute atomic E-state index is 1.04. The van der Waals surface area contributed by atoms with E-state index in [-0.39, 0.29) is 0 Å². The summed E-state index contributed by atoms with van der Waals surface area (Å²) in [6.07, 6.45) is 1.04. The Morgan fingerprint density at radius 2 is 1.10 bits per heavy atom. The van der Waals surface area contributed by atoms with Crippen molar-refractivity contribution in [3.8, 4) is 0 Å². The van der Waals surface area contributed by atoms with Gasteiger partial charge in [-0.2, -0.15) is 0 Å². The van der Waals surface area contributed by atoms with Crippen LogP contribution in [0.15, 0.2) is 48.5 Å². The third-order valence-electron chi connectivity index (χ3n) is 5.13. The van der Waals surface area contributed by atoms with Gasteiger partial charge in [-0.1, -0.05) is 98.2 Å². The normalized spacial score (nSPS) is 11.6. The second kappa shape index (κ2) is 7.08. The fraction of sp³-hybridized carbons (Fsp3) is 0.400. The summed E-state index contributed by atoms with van der Waals surface area (Å²) >= 11 is 0. The Kier molecular flexibility index (Phi) is 5.41. The number of benzene rings is 2. The monoisotopic (exact) mass is 296 g/mol. The van der Waals surface area contributed by atoms with Gasteiger partial charge < -0.3 is 0 Å². The van der Waals surface area contributed by atoms with Crippen LogP contribution in [-0.4, -0.2) is 8.07 Å². The van der Waals surface area contributed by atoms with Crippen LogP contribution in [0.5, 0.6) is 0 Å². The lowest BCUT2D eigenvalue weighted by molar-refractivity contribution is 1.18. The molecule has 0 heterocycles. The van der Waals surface area contributed by atoms with E-state index in [1.165, 1.54) is 34.8 Å². The summed E-state index contributed by atoms with van der Waals surface area (Å²) < 4.78 is 0. The lowest BCUT2D eigenvalue weighted by Gasteiger charge is -2.28. The van der Waals surface area contributed by atoms with Crippen LogP contribution in [0.3, 0.4) is 0 Å². The van der Waals surface area contributed by atoms with Gasteiger partial charge in [0.1, 0.15) is 0 Å². The predicted octanol–water partition coefficient (Wildman–Crippen LogP) is 5.30. The molecule has 0 bridgehead atoms. The van der Waals surface area contributed by atoms with Crippen LogP contribution in [0.2, 0.25) is 18.1 Å². The molecule has 0 aromatic heterocycles. The van der Waals surface area contributed by atoms with E-state index in [0.717, 1.165) is 6.42 Å². The molecule has 2 rings (SSSR count). The van der Waals surface area contributed by atoms with Gasteiger partial charge in [0, 0.05) is 0 Å². The minimum Gasteiger partial charge on any atom is -0.0675 e. The first kappa shape index (κ1) is 16.0. The Morgan fingerprint density at radius 3 is 1.52 bits per heavy atom. The van der Waals surface area contributed by atoms with Crippen LogP contribution in [0.4, 0.5) is 0 Å². The molecule has 0 unspecified atom stereocenters. The van der Waals surface area contributed by atoms with Crippen LogP contribution in [-0.2, 0) is 6.42 Å². The summed E-state index contributed by atoms with van der Waals surface area (Å²) in [6, 6.07) is 22.5. The number of rotatable bonds is 6. The van der Waals surface area contributed by atoms with Crippen molar-refractivity contribution < 1.29 is 0 Å². The van der Waals surface area contributed by atoms with E-state index < -0.39 is 8.07 Å². The van der Waals surface area contributed by atoms with Gasteiger partial charge >= 0.3 is 0 Å². The molecule has 0 fully saturated rings. The third kappa shape index (κ3) is 3.65. The molecule has 0 radical (unpaired) electrons. The number of hydrogen-bond donors (Lipinski definition) is 0. The topological polar surface area (TPSA) is 0 Å². The fourth-order valence-electron chi connectivity index (χ4n) is 3.28. The minimum atomic E-state index is -1.22. The summed E-state index contributed by atoms with van der Waals surface area (Å²) in [4.78, 5) is 0. The van der Waals surface area contributed by atoms with Crippen LogP contribution < -0.4 is 5.19 Å². The first-order valence-corrected chi connectivity index (χ1v) is 10.9. The summed E-state index contributed by atoms with van der Waals surface area (Å²) in [5.41, 5.74) is 4.16. The smallest absolute Gasteiger partial charge is 0.0675 e. The quantitative estimate of drug-likeness (QED) is 0.634. The molecule has 0 aliphatic rings. The molecule has 0 atom stereocenters. The molecule has 2 aromatic rings. The molecular formula is C20H28Si. The van der Waals surface area contributed by atoms with Crippen LogP contribution in [0.25, 0.3) is 0 Å². The Bertz CT molecular complexity index is 539. The van der Waals surface area contributed by atoms with E-state index in [0.29, 0.717) is 0 Å². The highest BCUT2D eigenvalue weighted by molar-refractivity contribution is 6.91. The molecule has 0 nitrogen and oxygen atoms in total. The first-order chi connectivity index (χ1) is 10.1. The largest absolute Gasteiger partial charge is 0.0859 e. The van der Waals surface area contributed by atoms with Crippen molar-refractivity contribution in [1.29, 1.82) is 0 Å². The maximum absolute atomic E-state index is 2.41. The Morgan fingerprint density at radius 1 is 0.667 bits per heavy atom. The van der Waals surface area contributed by atoms with E-state index in [2.05, 4.69) is 76.2 Å². The van der Waals surface area contributed by atoms with Crippen molar-refractivity contribution in [2.24, 2.45) is 0 Å². The maximum atomic E-state index is 2.41. The van der Waals surface area contributed by atoms with Crippen LogP contribution >= 0.6 is 0 Å². The standard InChI is InChI=1S/C20H28Si/c1-5-21(6-2,7-3)20-14-12-19(13-15-20)16-18-10-8-17(4)9-11-18/h8-15H,5-7,16H2,1-4H3. The van der Waals surface area contributed by atoms with Crippen molar-refractivity contribution in [1.82, 2.24) is 0 Å². The van der Waals surface area contributed by atoms with Crippen molar-refractivity contribution in [2.75, 3.05) is 0 Å². The lowest BCUT2D eigenvalue weighted by Crippen LogP contribution is -2.45. The van der Waals surface area contributed by atoms with Gasteiger partial charge in [0.15, 0.2) is 0 Å². The summed E-state index contributed by atoms with van der Waals surface area (Å²) in [5, 5.41) is 1.64. The highest BCUT2D eigenvalue weighted by Crippen LogP contribution is 2.20.